The van der Waals surface area contributed by atoms with Gasteiger partial charge in [0.25, 0.3) is 11.8 Å². The number of carbonyl (C=O) groups excluding carboxylic acids is 2. The van der Waals surface area contributed by atoms with Crippen LogP contribution in [0, 0.1) is 0 Å². The van der Waals surface area contributed by atoms with Gasteiger partial charge >= 0.3 is 0 Å². The van der Waals surface area contributed by atoms with Crippen LogP contribution in [0.25, 0.3) is 6.08 Å². The molecule has 2 aromatic carbocycles. The molecule has 0 spiro atoms. The Bertz CT molecular complexity index is 905. The molecule has 1 heterocycles. The van der Waals surface area contributed by atoms with E-state index < -0.39 is 11.8 Å². The van der Waals surface area contributed by atoms with Crippen LogP contribution in [0.15, 0.2) is 83.1 Å². The predicted octanol–water partition coefficient (Wildman–Crippen LogP) is 4.89. The number of benzene rings is 2. The van der Waals surface area contributed by atoms with E-state index in [-0.39, 0.29) is 17.7 Å². The highest BCUT2D eigenvalue weighted by Crippen LogP contribution is 2.17. The van der Waals surface area contributed by atoms with Crippen LogP contribution in [0.5, 0.6) is 0 Å². The fourth-order valence-corrected chi connectivity index (χ4v) is 3.57. The highest BCUT2D eigenvalue weighted by molar-refractivity contribution is 7.08. The summed E-state index contributed by atoms with van der Waals surface area (Å²) in [5.74, 6) is -0.796. The van der Waals surface area contributed by atoms with Crippen LogP contribution in [0.1, 0.15) is 42.6 Å². The Morgan fingerprint density at radius 2 is 1.28 bits per heavy atom. The summed E-state index contributed by atoms with van der Waals surface area (Å²) in [6.45, 7) is 3.81. The molecule has 4 nitrogen and oxygen atoms in total. The molecule has 2 N–H and O–H groups in total. The van der Waals surface area contributed by atoms with Gasteiger partial charge in [-0.1, -0.05) is 60.7 Å². The van der Waals surface area contributed by atoms with Crippen LogP contribution >= 0.6 is 11.3 Å². The van der Waals surface area contributed by atoms with Gasteiger partial charge in [0, 0.05) is 0 Å². The third kappa shape index (κ3) is 5.65. The maximum atomic E-state index is 13.0. The molecule has 3 aromatic rings. The minimum absolute atomic E-state index is 0.0916. The minimum Gasteiger partial charge on any atom is -0.345 e. The minimum atomic E-state index is -0.398. The van der Waals surface area contributed by atoms with Gasteiger partial charge in [-0.15, -0.1) is 0 Å². The molecule has 1 aromatic heterocycles. The van der Waals surface area contributed by atoms with Crippen LogP contribution < -0.4 is 10.6 Å². The maximum absolute atomic E-state index is 13.0. The molecule has 3 rings (SSSR count). The summed E-state index contributed by atoms with van der Waals surface area (Å²) in [5, 5.41) is 9.70. The lowest BCUT2D eigenvalue weighted by Crippen LogP contribution is -2.36. The van der Waals surface area contributed by atoms with Crippen molar-refractivity contribution in [1.29, 1.82) is 0 Å². The highest BCUT2D eigenvalue weighted by Gasteiger charge is 2.22. The number of nitrogens with one attached hydrogen (secondary N) is 2. The fraction of sp³-hybridized carbons (Fsp3) is 0.167. The van der Waals surface area contributed by atoms with E-state index in [0.29, 0.717) is 0 Å². The number of hydrogen-bond acceptors (Lipinski definition) is 3. The van der Waals surface area contributed by atoms with Gasteiger partial charge in [-0.05, 0) is 53.4 Å². The van der Waals surface area contributed by atoms with Crippen molar-refractivity contribution < 1.29 is 9.59 Å². The first-order valence-electron chi connectivity index (χ1n) is 9.50. The molecule has 0 bridgehead atoms. The fourth-order valence-electron chi connectivity index (χ4n) is 2.96. The van der Waals surface area contributed by atoms with E-state index in [1.54, 1.807) is 6.08 Å². The molecule has 0 saturated heterocycles. The molecule has 5 heteroatoms. The predicted molar refractivity (Wildman–Crippen MR) is 118 cm³/mol. The number of thiophene rings is 1. The summed E-state index contributed by atoms with van der Waals surface area (Å²) in [5.41, 5.74) is 2.88. The molecule has 0 aliphatic rings. The SMILES string of the molecule is C[C@@H](NC(=O)C(=Cc1ccsc1)C(=O)N[C@H](C)c1ccccc1)c1ccccc1. The lowest BCUT2D eigenvalue weighted by atomic mass is 10.1. The maximum Gasteiger partial charge on any atom is 0.257 e. The van der Waals surface area contributed by atoms with Crippen LogP contribution in [0.4, 0.5) is 0 Å². The Morgan fingerprint density at radius 1 is 0.793 bits per heavy atom. The number of amides is 2. The molecule has 0 saturated carbocycles. The normalized spacial score (nSPS) is 12.5. The molecular weight excluding hydrogens is 380 g/mol. The van der Waals surface area contributed by atoms with Gasteiger partial charge in [0.15, 0.2) is 0 Å². The van der Waals surface area contributed by atoms with Gasteiger partial charge in [-0.3, -0.25) is 9.59 Å². The lowest BCUT2D eigenvalue weighted by Gasteiger charge is -2.18. The second-order valence-electron chi connectivity index (χ2n) is 6.83. The first-order valence-corrected chi connectivity index (χ1v) is 10.4. The zero-order valence-corrected chi connectivity index (χ0v) is 17.3. The smallest absolute Gasteiger partial charge is 0.257 e. The second kappa shape index (κ2) is 9.85. The molecule has 29 heavy (non-hydrogen) atoms. The van der Waals surface area contributed by atoms with Crippen LogP contribution in [0.3, 0.4) is 0 Å². The summed E-state index contributed by atoms with van der Waals surface area (Å²) in [6.07, 6.45) is 1.64. The van der Waals surface area contributed by atoms with E-state index >= 15 is 0 Å². The molecule has 0 aliphatic heterocycles. The van der Waals surface area contributed by atoms with Crippen molar-refractivity contribution in [2.75, 3.05) is 0 Å². The molecular formula is C24H24N2O2S. The molecule has 2 amide bonds. The number of hydrogen-bond donors (Lipinski definition) is 2. The Labute approximate surface area is 175 Å². The van der Waals surface area contributed by atoms with Gasteiger partial charge in [0.05, 0.1) is 12.1 Å². The molecule has 0 unspecified atom stereocenters. The standard InChI is InChI=1S/C24H24N2O2S/c1-17(20-9-5-3-6-10-20)25-23(27)22(15-19-13-14-29-16-19)24(28)26-18(2)21-11-7-4-8-12-21/h3-18H,1-2H3,(H,25,27)(H,26,28)/t17-,18-/m1/s1. The van der Waals surface area contributed by atoms with Crippen molar-refractivity contribution in [2.24, 2.45) is 0 Å². The molecule has 148 valence electrons. The van der Waals surface area contributed by atoms with E-state index in [2.05, 4.69) is 10.6 Å². The van der Waals surface area contributed by atoms with Crippen molar-refractivity contribution in [1.82, 2.24) is 10.6 Å². The second-order valence-corrected chi connectivity index (χ2v) is 7.61. The Kier molecular flexibility index (Phi) is 6.98. The monoisotopic (exact) mass is 404 g/mol. The summed E-state index contributed by atoms with van der Waals surface area (Å²) in [7, 11) is 0. The summed E-state index contributed by atoms with van der Waals surface area (Å²) in [4.78, 5) is 26.0. The number of carbonyl (C=O) groups is 2. The Balaban J connectivity index is 1.79. The zero-order chi connectivity index (χ0) is 20.6. The van der Waals surface area contributed by atoms with Gasteiger partial charge in [-0.25, -0.2) is 0 Å². The summed E-state index contributed by atoms with van der Waals surface area (Å²) in [6, 6.07) is 20.8. The van der Waals surface area contributed by atoms with Crippen molar-refractivity contribution in [3.8, 4) is 0 Å². The van der Waals surface area contributed by atoms with Crippen molar-refractivity contribution in [3.05, 3.63) is 99.8 Å². The third-order valence-corrected chi connectivity index (χ3v) is 5.34. The molecule has 0 fully saturated rings. The first kappa shape index (κ1) is 20.6. The average Bonchev–Trinajstić information content (AvgIpc) is 3.26. The Morgan fingerprint density at radius 3 is 1.69 bits per heavy atom. The van der Waals surface area contributed by atoms with E-state index in [1.165, 1.54) is 11.3 Å². The van der Waals surface area contributed by atoms with Crippen molar-refractivity contribution >= 4 is 29.2 Å². The van der Waals surface area contributed by atoms with Crippen LogP contribution in [-0.4, -0.2) is 11.8 Å². The summed E-state index contributed by atoms with van der Waals surface area (Å²) < 4.78 is 0. The third-order valence-electron chi connectivity index (χ3n) is 4.64. The van der Waals surface area contributed by atoms with Gasteiger partial charge < -0.3 is 10.6 Å². The van der Waals surface area contributed by atoms with Crippen LogP contribution in [-0.2, 0) is 9.59 Å². The van der Waals surface area contributed by atoms with E-state index in [0.717, 1.165) is 16.7 Å². The van der Waals surface area contributed by atoms with E-state index in [9.17, 15) is 9.59 Å². The molecule has 0 aliphatic carbocycles. The van der Waals surface area contributed by atoms with Crippen LogP contribution in [0.2, 0.25) is 0 Å². The lowest BCUT2D eigenvalue weighted by molar-refractivity contribution is -0.124. The topological polar surface area (TPSA) is 58.2 Å². The van der Waals surface area contributed by atoms with Crippen molar-refractivity contribution in [3.63, 3.8) is 0 Å². The van der Waals surface area contributed by atoms with Gasteiger partial charge in [0.2, 0.25) is 0 Å². The largest absolute Gasteiger partial charge is 0.345 e. The number of rotatable bonds is 7. The van der Waals surface area contributed by atoms with Gasteiger partial charge in [-0.2, -0.15) is 11.3 Å². The summed E-state index contributed by atoms with van der Waals surface area (Å²) >= 11 is 1.52. The Hall–Kier alpha value is -3.18. The van der Waals surface area contributed by atoms with Crippen molar-refractivity contribution in [2.45, 2.75) is 25.9 Å². The van der Waals surface area contributed by atoms with E-state index in [1.807, 2.05) is 91.3 Å². The zero-order valence-electron chi connectivity index (χ0n) is 16.5. The highest BCUT2D eigenvalue weighted by atomic mass is 32.1. The van der Waals surface area contributed by atoms with E-state index in [4.69, 9.17) is 0 Å². The van der Waals surface area contributed by atoms with Gasteiger partial charge in [0.1, 0.15) is 5.57 Å². The average molecular weight is 405 g/mol. The molecule has 2 atom stereocenters. The molecule has 0 radical (unpaired) electrons. The quantitative estimate of drug-likeness (QED) is 0.335. The first-order chi connectivity index (χ1) is 14.0.